The number of carbonyl (C=O) groups excluding carboxylic acids is 1. The van der Waals surface area contributed by atoms with Crippen LogP contribution in [0.5, 0.6) is 0 Å². The summed E-state index contributed by atoms with van der Waals surface area (Å²) in [7, 11) is 0. The SMILES string of the molecule is C=CC(=C)CN1CCN(C(=O)OC(C)(C)C)CC1. The Hall–Kier alpha value is -1.29. The highest BCUT2D eigenvalue weighted by Crippen LogP contribution is 2.12. The summed E-state index contributed by atoms with van der Waals surface area (Å²) in [5.41, 5.74) is 0.589. The first-order chi connectivity index (χ1) is 8.31. The van der Waals surface area contributed by atoms with Crippen molar-refractivity contribution in [3.05, 3.63) is 24.8 Å². The molecule has 0 radical (unpaired) electrons. The summed E-state index contributed by atoms with van der Waals surface area (Å²) in [5.74, 6) is 0. The van der Waals surface area contributed by atoms with Crippen LogP contribution in [0.3, 0.4) is 0 Å². The Bertz CT molecular complexity index is 323. The largest absolute Gasteiger partial charge is 0.444 e. The third kappa shape index (κ3) is 4.92. The Balaban J connectivity index is 2.37. The maximum atomic E-state index is 11.9. The van der Waals surface area contributed by atoms with Gasteiger partial charge in [-0.2, -0.15) is 0 Å². The van der Waals surface area contributed by atoms with E-state index < -0.39 is 5.60 Å². The van der Waals surface area contributed by atoms with Crippen LogP contribution in [0.2, 0.25) is 0 Å². The summed E-state index contributed by atoms with van der Waals surface area (Å²) in [6.45, 7) is 17.2. The highest BCUT2D eigenvalue weighted by molar-refractivity contribution is 5.68. The summed E-state index contributed by atoms with van der Waals surface area (Å²) in [4.78, 5) is 15.9. The van der Waals surface area contributed by atoms with Crippen molar-refractivity contribution in [2.75, 3.05) is 32.7 Å². The van der Waals surface area contributed by atoms with E-state index in [1.807, 2.05) is 20.8 Å². The van der Waals surface area contributed by atoms with E-state index >= 15 is 0 Å². The molecule has 0 atom stereocenters. The molecule has 18 heavy (non-hydrogen) atoms. The predicted molar refractivity (Wildman–Crippen MR) is 73.6 cm³/mol. The summed E-state index contributed by atoms with van der Waals surface area (Å²) in [6.07, 6.45) is 1.56. The van der Waals surface area contributed by atoms with Crippen LogP contribution in [0.15, 0.2) is 24.8 Å². The maximum absolute atomic E-state index is 11.9. The number of piperazine rings is 1. The Morgan fingerprint density at radius 2 is 1.83 bits per heavy atom. The molecule has 0 aromatic rings. The van der Waals surface area contributed by atoms with Crippen molar-refractivity contribution in [3.63, 3.8) is 0 Å². The van der Waals surface area contributed by atoms with Crippen LogP contribution in [0.1, 0.15) is 20.8 Å². The van der Waals surface area contributed by atoms with Gasteiger partial charge in [-0.3, -0.25) is 4.90 Å². The second-order valence-corrected chi connectivity index (χ2v) is 5.61. The lowest BCUT2D eigenvalue weighted by Gasteiger charge is -2.35. The van der Waals surface area contributed by atoms with Gasteiger partial charge in [0.15, 0.2) is 0 Å². The third-order valence-corrected chi connectivity index (χ3v) is 2.74. The van der Waals surface area contributed by atoms with Crippen molar-refractivity contribution < 1.29 is 9.53 Å². The zero-order valence-electron chi connectivity index (χ0n) is 11.7. The Kier molecular flexibility index (Phi) is 4.96. The van der Waals surface area contributed by atoms with Crippen molar-refractivity contribution in [2.24, 2.45) is 0 Å². The molecule has 4 nitrogen and oxygen atoms in total. The molecule has 1 heterocycles. The number of nitrogens with zero attached hydrogens (tertiary/aromatic N) is 2. The highest BCUT2D eigenvalue weighted by Gasteiger charge is 2.25. The first kappa shape index (κ1) is 14.8. The highest BCUT2D eigenvalue weighted by atomic mass is 16.6. The van der Waals surface area contributed by atoms with E-state index in [1.165, 1.54) is 0 Å². The first-order valence-corrected chi connectivity index (χ1v) is 6.32. The molecule has 1 amide bonds. The van der Waals surface area contributed by atoms with Crippen LogP contribution in [0.4, 0.5) is 4.79 Å². The van der Waals surface area contributed by atoms with Gasteiger partial charge in [0.25, 0.3) is 0 Å². The quantitative estimate of drug-likeness (QED) is 0.722. The first-order valence-electron chi connectivity index (χ1n) is 6.32. The van der Waals surface area contributed by atoms with Gasteiger partial charge >= 0.3 is 6.09 Å². The molecule has 0 bridgehead atoms. The van der Waals surface area contributed by atoms with E-state index in [4.69, 9.17) is 4.74 Å². The molecule has 1 aliphatic heterocycles. The second kappa shape index (κ2) is 6.05. The Labute approximate surface area is 110 Å². The monoisotopic (exact) mass is 252 g/mol. The molecular formula is C14H24N2O2. The Morgan fingerprint density at radius 3 is 2.28 bits per heavy atom. The number of carbonyl (C=O) groups is 1. The van der Waals surface area contributed by atoms with E-state index in [1.54, 1.807) is 11.0 Å². The van der Waals surface area contributed by atoms with Crippen LogP contribution in [-0.2, 0) is 4.74 Å². The average Bonchev–Trinajstić information content (AvgIpc) is 2.27. The van der Waals surface area contributed by atoms with Crippen LogP contribution < -0.4 is 0 Å². The van der Waals surface area contributed by atoms with Crippen molar-refractivity contribution >= 4 is 6.09 Å². The fourth-order valence-electron chi connectivity index (χ4n) is 1.77. The van der Waals surface area contributed by atoms with Crippen molar-refractivity contribution in [1.29, 1.82) is 0 Å². The van der Waals surface area contributed by atoms with Crippen LogP contribution in [0, 0.1) is 0 Å². The predicted octanol–water partition coefficient (Wildman–Crippen LogP) is 2.28. The molecule has 1 fully saturated rings. The fraction of sp³-hybridized carbons (Fsp3) is 0.643. The van der Waals surface area contributed by atoms with Gasteiger partial charge in [-0.05, 0) is 26.3 Å². The second-order valence-electron chi connectivity index (χ2n) is 5.61. The summed E-state index contributed by atoms with van der Waals surface area (Å²) < 4.78 is 5.35. The number of hydrogen-bond acceptors (Lipinski definition) is 3. The molecule has 0 spiro atoms. The molecule has 0 unspecified atom stereocenters. The molecule has 0 aromatic carbocycles. The molecule has 102 valence electrons. The zero-order valence-corrected chi connectivity index (χ0v) is 11.7. The molecule has 0 saturated carbocycles. The molecule has 1 rings (SSSR count). The Morgan fingerprint density at radius 1 is 1.28 bits per heavy atom. The van der Waals surface area contributed by atoms with Gasteiger partial charge in [0.05, 0.1) is 0 Å². The zero-order chi connectivity index (χ0) is 13.8. The summed E-state index contributed by atoms with van der Waals surface area (Å²) >= 11 is 0. The van der Waals surface area contributed by atoms with Crippen LogP contribution >= 0.6 is 0 Å². The van der Waals surface area contributed by atoms with Gasteiger partial charge in [-0.1, -0.05) is 19.2 Å². The van der Waals surface area contributed by atoms with Gasteiger partial charge in [-0.25, -0.2) is 4.79 Å². The molecule has 0 aromatic heterocycles. The lowest BCUT2D eigenvalue weighted by atomic mass is 10.2. The molecule has 0 N–H and O–H groups in total. The summed E-state index contributed by atoms with van der Waals surface area (Å²) in [5, 5.41) is 0. The molecule has 1 saturated heterocycles. The van der Waals surface area contributed by atoms with Gasteiger partial charge in [0.2, 0.25) is 0 Å². The van der Waals surface area contributed by atoms with E-state index in [0.717, 1.165) is 25.2 Å². The van der Waals surface area contributed by atoms with Gasteiger partial charge in [-0.15, -0.1) is 0 Å². The molecule has 4 heteroatoms. The average molecular weight is 252 g/mol. The van der Waals surface area contributed by atoms with E-state index in [0.29, 0.717) is 13.1 Å². The van der Waals surface area contributed by atoms with Crippen molar-refractivity contribution in [3.8, 4) is 0 Å². The van der Waals surface area contributed by atoms with Crippen molar-refractivity contribution in [1.82, 2.24) is 9.80 Å². The van der Waals surface area contributed by atoms with E-state index in [-0.39, 0.29) is 6.09 Å². The van der Waals surface area contributed by atoms with E-state index in [2.05, 4.69) is 18.1 Å². The van der Waals surface area contributed by atoms with Gasteiger partial charge < -0.3 is 9.64 Å². The normalized spacial score (nSPS) is 17.4. The maximum Gasteiger partial charge on any atom is 0.410 e. The number of rotatable bonds is 3. The van der Waals surface area contributed by atoms with E-state index in [9.17, 15) is 4.79 Å². The topological polar surface area (TPSA) is 32.8 Å². The number of ether oxygens (including phenoxy) is 1. The third-order valence-electron chi connectivity index (χ3n) is 2.74. The molecular weight excluding hydrogens is 228 g/mol. The lowest BCUT2D eigenvalue weighted by molar-refractivity contribution is 0.0153. The number of amides is 1. The summed E-state index contributed by atoms with van der Waals surface area (Å²) in [6, 6.07) is 0. The lowest BCUT2D eigenvalue weighted by Crippen LogP contribution is -2.50. The van der Waals surface area contributed by atoms with Gasteiger partial charge in [0, 0.05) is 32.7 Å². The standard InChI is InChI=1S/C14H24N2O2/c1-6-12(2)11-15-7-9-16(10-8-15)13(17)18-14(3,4)5/h6H,1-2,7-11H2,3-5H3. The minimum Gasteiger partial charge on any atom is -0.444 e. The minimum absolute atomic E-state index is 0.218. The van der Waals surface area contributed by atoms with Crippen LogP contribution in [-0.4, -0.2) is 54.2 Å². The van der Waals surface area contributed by atoms with Gasteiger partial charge in [0.1, 0.15) is 5.60 Å². The molecule has 1 aliphatic rings. The molecule has 0 aliphatic carbocycles. The fourth-order valence-corrected chi connectivity index (χ4v) is 1.77. The number of hydrogen-bond donors (Lipinski definition) is 0. The minimum atomic E-state index is -0.425. The van der Waals surface area contributed by atoms with Crippen LogP contribution in [0.25, 0.3) is 0 Å². The smallest absolute Gasteiger partial charge is 0.410 e. The van der Waals surface area contributed by atoms with Crippen molar-refractivity contribution in [2.45, 2.75) is 26.4 Å².